The molecule has 1 radical (unpaired) electrons. The molecule has 33 heavy (non-hydrogen) atoms. The third kappa shape index (κ3) is 3.03. The molecule has 0 saturated heterocycles. The number of furan rings is 2. The third-order valence-corrected chi connectivity index (χ3v) is 6.04. The topological polar surface area (TPSA) is 39.2 Å². The van der Waals surface area contributed by atoms with Gasteiger partial charge in [0.2, 0.25) is 0 Å². The molecule has 7 rings (SSSR count). The second kappa shape index (κ2) is 7.70. The van der Waals surface area contributed by atoms with Crippen LogP contribution in [0.15, 0.2) is 106 Å². The number of pyridine rings is 1. The average Bonchev–Trinajstić information content (AvgIpc) is 3.42. The van der Waals surface area contributed by atoms with Gasteiger partial charge in [0.15, 0.2) is 0 Å². The Bertz CT molecular complexity index is 1780. The van der Waals surface area contributed by atoms with E-state index in [4.69, 9.17) is 8.83 Å². The number of hydrogen-bond donors (Lipinski definition) is 0. The van der Waals surface area contributed by atoms with E-state index in [1.807, 2.05) is 72.9 Å². The molecule has 0 bridgehead atoms. The summed E-state index contributed by atoms with van der Waals surface area (Å²) in [6.07, 6.45) is 1.84. The predicted molar refractivity (Wildman–Crippen MR) is 129 cm³/mol. The Balaban J connectivity index is 0.00000206. The zero-order valence-corrected chi connectivity index (χ0v) is 19.7. The second-order valence-electron chi connectivity index (χ2n) is 7.90. The molecule has 0 N–H and O–H groups in total. The first-order valence-electron chi connectivity index (χ1n) is 10.6. The molecule has 159 valence electrons. The van der Waals surface area contributed by atoms with Gasteiger partial charge in [0.05, 0.1) is 0 Å². The summed E-state index contributed by atoms with van der Waals surface area (Å²) in [6.45, 7) is 0. The SMILES string of the molecule is [Ir].[c-]1ccccc1-c1cc(-c2cc3oc4ccccc4c3c3c2oc2ccccc23)ccn1. The van der Waals surface area contributed by atoms with Gasteiger partial charge >= 0.3 is 0 Å². The molecule has 3 heterocycles. The van der Waals surface area contributed by atoms with Gasteiger partial charge < -0.3 is 13.8 Å². The van der Waals surface area contributed by atoms with Crippen molar-refractivity contribution in [3.8, 4) is 22.4 Å². The van der Waals surface area contributed by atoms with Crippen LogP contribution in [-0.2, 0) is 20.1 Å². The zero-order chi connectivity index (χ0) is 21.1. The Hall–Kier alpha value is -3.72. The Morgan fingerprint density at radius 2 is 1.39 bits per heavy atom. The fourth-order valence-electron chi connectivity index (χ4n) is 4.62. The summed E-state index contributed by atoms with van der Waals surface area (Å²) in [5, 5.41) is 4.36. The van der Waals surface area contributed by atoms with Crippen LogP contribution in [0.5, 0.6) is 0 Å². The maximum absolute atomic E-state index is 6.44. The molecule has 0 aliphatic heterocycles. The first-order chi connectivity index (χ1) is 15.9. The number of nitrogens with zero attached hydrogens (tertiary/aromatic N) is 1. The van der Waals surface area contributed by atoms with E-state index in [1.165, 1.54) is 0 Å². The standard InChI is InChI=1S/C29H16NO2.Ir/c1-2-8-18(9-3-1)23-16-19(14-15-30-23)22-17-26-27(20-10-4-6-12-24(20)31-26)28-21-11-5-7-13-25(21)32-29(22)28;/h1-8,10-17H;/q-1;. The molecule has 0 fully saturated rings. The second-order valence-corrected chi connectivity index (χ2v) is 7.90. The normalized spacial score (nSPS) is 11.4. The van der Waals surface area contributed by atoms with Crippen LogP contribution in [0.4, 0.5) is 0 Å². The summed E-state index contributed by atoms with van der Waals surface area (Å²) in [7, 11) is 0. The van der Waals surface area contributed by atoms with Crippen LogP contribution in [-0.4, -0.2) is 4.98 Å². The van der Waals surface area contributed by atoms with Crippen LogP contribution in [0.2, 0.25) is 0 Å². The molecule has 3 aromatic heterocycles. The largest absolute Gasteiger partial charge is 0.456 e. The van der Waals surface area contributed by atoms with Gasteiger partial charge in [-0.3, -0.25) is 0 Å². The quantitative estimate of drug-likeness (QED) is 0.188. The van der Waals surface area contributed by atoms with Gasteiger partial charge in [-0.2, -0.15) is 0 Å². The van der Waals surface area contributed by atoms with Crippen LogP contribution in [0, 0.1) is 6.07 Å². The number of hydrogen-bond acceptors (Lipinski definition) is 3. The third-order valence-electron chi connectivity index (χ3n) is 6.04. The molecular weight excluding hydrogens is 587 g/mol. The van der Waals surface area contributed by atoms with Crippen LogP contribution >= 0.6 is 0 Å². The van der Waals surface area contributed by atoms with Gasteiger partial charge in [-0.15, -0.1) is 35.9 Å². The van der Waals surface area contributed by atoms with Crippen LogP contribution in [0.25, 0.3) is 66.3 Å². The molecule has 0 amide bonds. The monoisotopic (exact) mass is 603 g/mol. The Kier molecular flexibility index (Phi) is 4.65. The van der Waals surface area contributed by atoms with Crippen molar-refractivity contribution < 1.29 is 28.9 Å². The first-order valence-corrected chi connectivity index (χ1v) is 10.6. The fraction of sp³-hybridized carbons (Fsp3) is 0. The van der Waals surface area contributed by atoms with Crippen molar-refractivity contribution >= 4 is 43.9 Å². The zero-order valence-electron chi connectivity index (χ0n) is 17.3. The van der Waals surface area contributed by atoms with Gasteiger partial charge in [0.25, 0.3) is 0 Å². The van der Waals surface area contributed by atoms with Crippen molar-refractivity contribution in [1.29, 1.82) is 0 Å². The minimum Gasteiger partial charge on any atom is -0.456 e. The molecule has 3 nitrogen and oxygen atoms in total. The summed E-state index contributed by atoms with van der Waals surface area (Å²) in [5.74, 6) is 0. The van der Waals surface area contributed by atoms with Crippen molar-refractivity contribution in [1.82, 2.24) is 4.98 Å². The summed E-state index contributed by atoms with van der Waals surface area (Å²) in [4.78, 5) is 4.57. The van der Waals surface area contributed by atoms with Crippen molar-refractivity contribution in [2.24, 2.45) is 0 Å². The van der Waals surface area contributed by atoms with E-state index in [-0.39, 0.29) is 20.1 Å². The van der Waals surface area contributed by atoms with E-state index < -0.39 is 0 Å². The number of benzene rings is 4. The van der Waals surface area contributed by atoms with Crippen LogP contribution in [0.1, 0.15) is 0 Å². The van der Waals surface area contributed by atoms with E-state index in [1.54, 1.807) is 0 Å². The van der Waals surface area contributed by atoms with Crippen molar-refractivity contribution in [3.63, 3.8) is 0 Å². The maximum atomic E-state index is 6.44. The van der Waals surface area contributed by atoms with E-state index in [0.717, 1.165) is 66.3 Å². The van der Waals surface area contributed by atoms with Gasteiger partial charge in [-0.25, -0.2) is 0 Å². The fourth-order valence-corrected chi connectivity index (χ4v) is 4.62. The maximum Gasteiger partial charge on any atom is 0.144 e. The number of aromatic nitrogens is 1. The number of rotatable bonds is 2. The molecule has 0 atom stereocenters. The van der Waals surface area contributed by atoms with E-state index in [0.29, 0.717) is 0 Å². The average molecular weight is 603 g/mol. The Morgan fingerprint density at radius 3 is 2.18 bits per heavy atom. The van der Waals surface area contributed by atoms with Gasteiger partial charge in [-0.05, 0) is 35.5 Å². The first kappa shape index (κ1) is 19.9. The summed E-state index contributed by atoms with van der Waals surface area (Å²) in [5.41, 5.74) is 7.30. The van der Waals surface area contributed by atoms with Crippen LogP contribution in [0.3, 0.4) is 0 Å². The Labute approximate surface area is 203 Å². The molecule has 0 aliphatic rings. The van der Waals surface area contributed by atoms with Gasteiger partial charge in [-0.1, -0.05) is 42.5 Å². The molecule has 0 unspecified atom stereocenters. The minimum absolute atomic E-state index is 0. The smallest absolute Gasteiger partial charge is 0.144 e. The van der Waals surface area contributed by atoms with Crippen molar-refractivity contribution in [3.05, 3.63) is 103 Å². The molecule has 4 aromatic carbocycles. The Morgan fingerprint density at radius 1 is 0.667 bits per heavy atom. The predicted octanol–water partition coefficient (Wildman–Crippen LogP) is 8.01. The van der Waals surface area contributed by atoms with Gasteiger partial charge in [0.1, 0.15) is 22.3 Å². The van der Waals surface area contributed by atoms with Crippen molar-refractivity contribution in [2.45, 2.75) is 0 Å². The molecule has 4 heteroatoms. The molecular formula is C29H16IrNO2-. The molecule has 0 aliphatic carbocycles. The minimum atomic E-state index is 0. The van der Waals surface area contributed by atoms with Crippen LogP contribution < -0.4 is 0 Å². The van der Waals surface area contributed by atoms with E-state index in [9.17, 15) is 0 Å². The van der Waals surface area contributed by atoms with Gasteiger partial charge in [0, 0.05) is 53.4 Å². The van der Waals surface area contributed by atoms with E-state index >= 15 is 0 Å². The summed E-state index contributed by atoms with van der Waals surface area (Å²) >= 11 is 0. The molecule has 0 spiro atoms. The van der Waals surface area contributed by atoms with Crippen molar-refractivity contribution in [2.75, 3.05) is 0 Å². The van der Waals surface area contributed by atoms with E-state index in [2.05, 4.69) is 35.3 Å². The molecule has 7 aromatic rings. The number of fused-ring (bicyclic) bond motifs is 7. The molecule has 0 saturated carbocycles. The number of para-hydroxylation sites is 2. The summed E-state index contributed by atoms with van der Waals surface area (Å²) in [6, 6.07) is 33.7. The summed E-state index contributed by atoms with van der Waals surface area (Å²) < 4.78 is 12.7.